The lowest BCUT2D eigenvalue weighted by atomic mass is 10.0. The average molecular weight is 491 g/mol. The number of nitrogens with one attached hydrogen (secondary N) is 3. The molecule has 0 spiro atoms. The van der Waals surface area contributed by atoms with Gasteiger partial charge in [0.15, 0.2) is 0 Å². The van der Waals surface area contributed by atoms with Gasteiger partial charge in [-0.1, -0.05) is 13.8 Å². The molecule has 0 aliphatic rings. The number of amides is 5. The second kappa shape index (κ2) is 15.1. The van der Waals surface area contributed by atoms with Crippen molar-refractivity contribution in [3.8, 4) is 0 Å². The SMILES string of the molecule is CSCCC(NC(=O)C(CCC(N)=O)NC(=O)C(CC(N)=O)NC(=O)C(N)C(C)C)C(=O)O. The maximum absolute atomic E-state index is 12.8. The van der Waals surface area contributed by atoms with Gasteiger partial charge in [0.25, 0.3) is 0 Å². The average Bonchev–Trinajstić information content (AvgIpc) is 2.71. The second-order valence-corrected chi connectivity index (χ2v) is 8.73. The molecule has 0 heterocycles. The van der Waals surface area contributed by atoms with Crippen molar-refractivity contribution in [3.63, 3.8) is 0 Å². The molecule has 0 fully saturated rings. The third kappa shape index (κ3) is 12.1. The summed E-state index contributed by atoms with van der Waals surface area (Å²) in [7, 11) is 0. The van der Waals surface area contributed by atoms with E-state index in [4.69, 9.17) is 17.2 Å². The summed E-state index contributed by atoms with van der Waals surface area (Å²) in [4.78, 5) is 71.7. The Kier molecular flexibility index (Phi) is 13.7. The number of aliphatic carboxylic acids is 1. The zero-order valence-corrected chi connectivity index (χ0v) is 19.8. The number of carboxylic acids is 1. The molecule has 5 amide bonds. The molecule has 188 valence electrons. The van der Waals surface area contributed by atoms with Crippen LogP contribution in [0, 0.1) is 5.92 Å². The van der Waals surface area contributed by atoms with Gasteiger partial charge in [-0.15, -0.1) is 0 Å². The van der Waals surface area contributed by atoms with Crippen LogP contribution in [0.3, 0.4) is 0 Å². The normalized spacial score (nSPS) is 14.5. The summed E-state index contributed by atoms with van der Waals surface area (Å²) in [6.45, 7) is 3.38. The first-order valence-electron chi connectivity index (χ1n) is 10.2. The van der Waals surface area contributed by atoms with Crippen molar-refractivity contribution in [3.05, 3.63) is 0 Å². The zero-order chi connectivity index (χ0) is 25.7. The molecule has 0 saturated heterocycles. The Morgan fingerprint density at radius 1 is 0.818 bits per heavy atom. The Morgan fingerprint density at radius 2 is 1.33 bits per heavy atom. The molecule has 0 aromatic rings. The fraction of sp³-hybridized carbons (Fsp3) is 0.684. The molecule has 0 aliphatic heterocycles. The van der Waals surface area contributed by atoms with Gasteiger partial charge in [-0.05, 0) is 30.8 Å². The molecule has 33 heavy (non-hydrogen) atoms. The van der Waals surface area contributed by atoms with E-state index in [2.05, 4.69) is 16.0 Å². The summed E-state index contributed by atoms with van der Waals surface area (Å²) >= 11 is 1.39. The van der Waals surface area contributed by atoms with E-state index in [0.29, 0.717) is 5.75 Å². The van der Waals surface area contributed by atoms with Gasteiger partial charge in [0.2, 0.25) is 29.5 Å². The Bertz CT molecular complexity index is 733. The van der Waals surface area contributed by atoms with Crippen LogP contribution in [0.5, 0.6) is 0 Å². The molecule has 10 N–H and O–H groups in total. The largest absolute Gasteiger partial charge is 0.480 e. The number of nitrogens with two attached hydrogens (primary N) is 3. The van der Waals surface area contributed by atoms with Crippen molar-refractivity contribution in [1.82, 2.24) is 16.0 Å². The number of hydrogen-bond acceptors (Lipinski definition) is 8. The van der Waals surface area contributed by atoms with Crippen molar-refractivity contribution in [2.45, 2.75) is 63.7 Å². The molecular weight excluding hydrogens is 456 g/mol. The molecule has 0 aromatic heterocycles. The second-order valence-electron chi connectivity index (χ2n) is 7.75. The van der Waals surface area contributed by atoms with E-state index in [1.165, 1.54) is 11.8 Å². The first-order valence-corrected chi connectivity index (χ1v) is 11.6. The molecule has 0 rings (SSSR count). The lowest BCUT2D eigenvalue weighted by Gasteiger charge is -2.25. The van der Waals surface area contributed by atoms with Gasteiger partial charge in [0.05, 0.1) is 12.5 Å². The summed E-state index contributed by atoms with van der Waals surface area (Å²) in [5, 5.41) is 16.3. The van der Waals surface area contributed by atoms with Crippen molar-refractivity contribution < 1.29 is 33.9 Å². The molecule has 0 aliphatic carbocycles. The maximum Gasteiger partial charge on any atom is 0.326 e. The van der Waals surface area contributed by atoms with Crippen LogP contribution in [-0.4, -0.2) is 76.8 Å². The number of carbonyl (C=O) groups is 6. The highest BCUT2D eigenvalue weighted by Crippen LogP contribution is 2.06. The van der Waals surface area contributed by atoms with Crippen LogP contribution in [0.25, 0.3) is 0 Å². The molecule has 0 bridgehead atoms. The number of carbonyl (C=O) groups excluding carboxylic acids is 5. The lowest BCUT2D eigenvalue weighted by Crippen LogP contribution is -2.58. The Balaban J connectivity index is 5.56. The summed E-state index contributed by atoms with van der Waals surface area (Å²) < 4.78 is 0. The van der Waals surface area contributed by atoms with Gasteiger partial charge in [-0.3, -0.25) is 24.0 Å². The first kappa shape index (κ1) is 30.1. The third-order valence-electron chi connectivity index (χ3n) is 4.60. The van der Waals surface area contributed by atoms with Crippen LogP contribution in [0.2, 0.25) is 0 Å². The van der Waals surface area contributed by atoms with Crippen molar-refractivity contribution in [2.75, 3.05) is 12.0 Å². The fourth-order valence-electron chi connectivity index (χ4n) is 2.57. The topological polar surface area (TPSA) is 237 Å². The van der Waals surface area contributed by atoms with E-state index in [1.54, 1.807) is 20.1 Å². The summed E-state index contributed by atoms with van der Waals surface area (Å²) in [6, 6.07) is -4.97. The number of carboxylic acid groups (broad SMARTS) is 1. The first-order chi connectivity index (χ1) is 15.3. The van der Waals surface area contributed by atoms with Gasteiger partial charge < -0.3 is 38.3 Å². The van der Waals surface area contributed by atoms with Crippen molar-refractivity contribution in [2.24, 2.45) is 23.1 Å². The monoisotopic (exact) mass is 490 g/mol. The minimum absolute atomic E-state index is 0.131. The smallest absolute Gasteiger partial charge is 0.326 e. The summed E-state index contributed by atoms with van der Waals surface area (Å²) in [5.74, 6) is -5.20. The van der Waals surface area contributed by atoms with Gasteiger partial charge in [0.1, 0.15) is 18.1 Å². The summed E-state index contributed by atoms with van der Waals surface area (Å²) in [6.07, 6.45) is 0.815. The van der Waals surface area contributed by atoms with Crippen LogP contribution < -0.4 is 33.2 Å². The Morgan fingerprint density at radius 3 is 1.79 bits per heavy atom. The molecule has 0 saturated carbocycles. The van der Waals surface area contributed by atoms with Gasteiger partial charge in [-0.2, -0.15) is 11.8 Å². The summed E-state index contributed by atoms with van der Waals surface area (Å²) in [5.41, 5.74) is 16.1. The molecule has 13 nitrogen and oxygen atoms in total. The lowest BCUT2D eigenvalue weighted by molar-refractivity contribution is -0.142. The number of thioether (sulfide) groups is 1. The Hall–Kier alpha value is -2.87. The fourth-order valence-corrected chi connectivity index (χ4v) is 3.05. The number of primary amides is 2. The molecule has 14 heteroatoms. The standard InChI is InChI=1S/C19H34N6O7S/c1-9(2)15(22)18(30)25-12(8-14(21)27)17(29)23-10(4-5-13(20)26)16(28)24-11(19(31)32)6-7-33-3/h9-12,15H,4-8,22H2,1-3H3,(H2,20,26)(H2,21,27)(H,23,29)(H,24,28)(H,25,30)(H,31,32). The quantitative estimate of drug-likeness (QED) is 0.120. The van der Waals surface area contributed by atoms with E-state index in [0.717, 1.165) is 0 Å². The number of hydrogen-bond donors (Lipinski definition) is 7. The van der Waals surface area contributed by atoms with Crippen LogP contribution in [0.1, 0.15) is 39.5 Å². The molecule has 4 atom stereocenters. The minimum Gasteiger partial charge on any atom is -0.480 e. The molecule has 0 aromatic carbocycles. The highest BCUT2D eigenvalue weighted by atomic mass is 32.2. The van der Waals surface area contributed by atoms with Gasteiger partial charge in [-0.25, -0.2) is 4.79 Å². The van der Waals surface area contributed by atoms with Gasteiger partial charge in [0, 0.05) is 6.42 Å². The minimum atomic E-state index is -1.43. The van der Waals surface area contributed by atoms with Crippen molar-refractivity contribution in [1.29, 1.82) is 0 Å². The molecule has 4 unspecified atom stereocenters. The highest BCUT2D eigenvalue weighted by molar-refractivity contribution is 7.98. The van der Waals surface area contributed by atoms with E-state index >= 15 is 0 Å². The Labute approximate surface area is 196 Å². The maximum atomic E-state index is 12.8. The van der Waals surface area contributed by atoms with E-state index in [-0.39, 0.29) is 25.2 Å². The van der Waals surface area contributed by atoms with Crippen LogP contribution in [0.4, 0.5) is 0 Å². The molecular formula is C19H34N6O7S. The van der Waals surface area contributed by atoms with Crippen molar-refractivity contribution >= 4 is 47.3 Å². The van der Waals surface area contributed by atoms with Crippen LogP contribution >= 0.6 is 11.8 Å². The van der Waals surface area contributed by atoms with E-state index in [1.807, 2.05) is 0 Å². The number of rotatable bonds is 16. The van der Waals surface area contributed by atoms with Gasteiger partial charge >= 0.3 is 5.97 Å². The van der Waals surface area contributed by atoms with Crippen LogP contribution in [-0.2, 0) is 28.8 Å². The predicted octanol–water partition coefficient (Wildman–Crippen LogP) is -2.60. The highest BCUT2D eigenvalue weighted by Gasteiger charge is 2.31. The predicted molar refractivity (Wildman–Crippen MR) is 121 cm³/mol. The van der Waals surface area contributed by atoms with E-state index in [9.17, 15) is 33.9 Å². The third-order valence-corrected chi connectivity index (χ3v) is 5.24. The zero-order valence-electron chi connectivity index (χ0n) is 19.0. The molecule has 0 radical (unpaired) electrons. The van der Waals surface area contributed by atoms with Crippen LogP contribution in [0.15, 0.2) is 0 Å². The van der Waals surface area contributed by atoms with E-state index < -0.39 is 66.1 Å².